The molecule has 26 heavy (non-hydrogen) atoms. The lowest BCUT2D eigenvalue weighted by atomic mass is 10.1. The third kappa shape index (κ3) is 4.91. The summed E-state index contributed by atoms with van der Waals surface area (Å²) in [5.41, 5.74) is 1.29. The minimum Gasteiger partial charge on any atom is -0.493 e. The summed E-state index contributed by atoms with van der Waals surface area (Å²) in [6.45, 7) is 13.4. The molecule has 1 aliphatic rings. The van der Waals surface area contributed by atoms with Crippen molar-refractivity contribution in [3.8, 4) is 5.75 Å². The molecule has 1 aliphatic heterocycles. The zero-order chi connectivity index (χ0) is 19.4. The van der Waals surface area contributed by atoms with Gasteiger partial charge in [-0.25, -0.2) is 0 Å². The van der Waals surface area contributed by atoms with Crippen molar-refractivity contribution in [3.63, 3.8) is 0 Å². The second-order valence-electron chi connectivity index (χ2n) is 7.71. The van der Waals surface area contributed by atoms with Gasteiger partial charge in [0.15, 0.2) is 0 Å². The van der Waals surface area contributed by atoms with Gasteiger partial charge in [-0.2, -0.15) is 0 Å². The van der Waals surface area contributed by atoms with E-state index in [1.807, 2.05) is 52.0 Å². The van der Waals surface area contributed by atoms with Crippen LogP contribution in [0.2, 0.25) is 0 Å². The van der Waals surface area contributed by atoms with Gasteiger partial charge in [0.2, 0.25) is 0 Å². The van der Waals surface area contributed by atoms with Crippen LogP contribution in [0.5, 0.6) is 5.75 Å². The van der Waals surface area contributed by atoms with Crippen molar-refractivity contribution in [2.75, 3.05) is 13.2 Å². The van der Waals surface area contributed by atoms with Crippen molar-refractivity contribution in [2.45, 2.75) is 46.8 Å². The minimum absolute atomic E-state index is 0.169. The summed E-state index contributed by atoms with van der Waals surface area (Å²) in [6.07, 6.45) is 0. The molecule has 0 spiro atoms. The third-order valence-electron chi connectivity index (χ3n) is 3.75. The maximum absolute atomic E-state index is 12.9. The standard InChI is InChI=1S/C21H29NO3S/c1-13(2)11-22-20(23)18(19(21(22)24)26-15(5)6)16-7-9-17(10-8-16)25-12-14(3)4/h7-10,13-15H,11-12H2,1-6H3. The van der Waals surface area contributed by atoms with E-state index in [4.69, 9.17) is 4.74 Å². The zero-order valence-electron chi connectivity index (χ0n) is 16.5. The van der Waals surface area contributed by atoms with Crippen LogP contribution in [0.1, 0.15) is 47.1 Å². The van der Waals surface area contributed by atoms with Gasteiger partial charge in [0, 0.05) is 11.8 Å². The first kappa shape index (κ1) is 20.6. The Morgan fingerprint density at radius 2 is 1.54 bits per heavy atom. The zero-order valence-corrected chi connectivity index (χ0v) is 17.4. The molecular formula is C21H29NO3S. The Morgan fingerprint density at radius 1 is 0.923 bits per heavy atom. The van der Waals surface area contributed by atoms with Gasteiger partial charge in [-0.05, 0) is 29.5 Å². The van der Waals surface area contributed by atoms with Crippen molar-refractivity contribution < 1.29 is 14.3 Å². The molecule has 2 rings (SSSR count). The molecule has 0 saturated carbocycles. The first-order chi connectivity index (χ1) is 12.2. The van der Waals surface area contributed by atoms with Gasteiger partial charge >= 0.3 is 0 Å². The Bertz CT molecular complexity index is 690. The van der Waals surface area contributed by atoms with E-state index in [9.17, 15) is 9.59 Å². The molecule has 1 heterocycles. The highest BCUT2D eigenvalue weighted by Crippen LogP contribution is 2.38. The monoisotopic (exact) mass is 375 g/mol. The van der Waals surface area contributed by atoms with Crippen LogP contribution in [-0.2, 0) is 9.59 Å². The molecule has 0 bridgehead atoms. The molecular weight excluding hydrogens is 346 g/mol. The van der Waals surface area contributed by atoms with Crippen molar-refractivity contribution >= 4 is 29.1 Å². The van der Waals surface area contributed by atoms with Crippen LogP contribution in [0.4, 0.5) is 0 Å². The molecule has 0 fully saturated rings. The normalized spacial score (nSPS) is 15.2. The largest absolute Gasteiger partial charge is 0.493 e. The van der Waals surface area contributed by atoms with Gasteiger partial charge in [0.25, 0.3) is 11.8 Å². The fraction of sp³-hybridized carbons (Fsp3) is 0.524. The van der Waals surface area contributed by atoms with Crippen molar-refractivity contribution in [2.24, 2.45) is 11.8 Å². The topological polar surface area (TPSA) is 46.6 Å². The second kappa shape index (κ2) is 8.76. The lowest BCUT2D eigenvalue weighted by molar-refractivity contribution is -0.137. The van der Waals surface area contributed by atoms with Crippen molar-refractivity contribution in [3.05, 3.63) is 34.7 Å². The summed E-state index contributed by atoms with van der Waals surface area (Å²) in [4.78, 5) is 27.7. The molecule has 4 nitrogen and oxygen atoms in total. The highest BCUT2D eigenvalue weighted by Gasteiger charge is 2.39. The molecule has 0 saturated heterocycles. The van der Waals surface area contributed by atoms with Crippen LogP contribution in [0.3, 0.4) is 0 Å². The Morgan fingerprint density at radius 3 is 2.04 bits per heavy atom. The molecule has 142 valence electrons. The maximum Gasteiger partial charge on any atom is 0.268 e. The SMILES string of the molecule is CC(C)COc1ccc(C2=C(SC(C)C)C(=O)N(CC(C)C)C2=O)cc1. The molecule has 2 amide bonds. The van der Waals surface area contributed by atoms with E-state index in [1.54, 1.807) is 0 Å². The summed E-state index contributed by atoms with van der Waals surface area (Å²) in [5.74, 6) is 1.10. The maximum atomic E-state index is 12.9. The summed E-state index contributed by atoms with van der Waals surface area (Å²) >= 11 is 1.46. The first-order valence-corrected chi connectivity index (χ1v) is 10.1. The van der Waals surface area contributed by atoms with E-state index in [-0.39, 0.29) is 23.0 Å². The molecule has 0 unspecified atom stereocenters. The van der Waals surface area contributed by atoms with Crippen LogP contribution < -0.4 is 4.74 Å². The predicted molar refractivity (Wildman–Crippen MR) is 108 cm³/mol. The van der Waals surface area contributed by atoms with Gasteiger partial charge in [-0.15, -0.1) is 11.8 Å². The molecule has 1 aromatic carbocycles. The van der Waals surface area contributed by atoms with Gasteiger partial charge in [0.1, 0.15) is 5.75 Å². The van der Waals surface area contributed by atoms with Crippen LogP contribution in [0.25, 0.3) is 5.57 Å². The van der Waals surface area contributed by atoms with Crippen LogP contribution in [-0.4, -0.2) is 35.1 Å². The van der Waals surface area contributed by atoms with Crippen LogP contribution in [0, 0.1) is 11.8 Å². The number of benzene rings is 1. The fourth-order valence-electron chi connectivity index (χ4n) is 2.67. The Hall–Kier alpha value is -1.75. The number of carbonyl (C=O) groups is 2. The number of imide groups is 1. The van der Waals surface area contributed by atoms with Gasteiger partial charge in [0.05, 0.1) is 17.1 Å². The second-order valence-corrected chi connectivity index (χ2v) is 9.30. The van der Waals surface area contributed by atoms with E-state index in [0.29, 0.717) is 29.5 Å². The summed E-state index contributed by atoms with van der Waals surface area (Å²) in [6, 6.07) is 7.47. The number of carbonyl (C=O) groups excluding carboxylic acids is 2. The third-order valence-corrected chi connectivity index (χ3v) is 4.84. The molecule has 0 aliphatic carbocycles. The molecule has 0 N–H and O–H groups in total. The Labute approximate surface area is 161 Å². The van der Waals surface area contributed by atoms with E-state index in [2.05, 4.69) is 13.8 Å². The van der Waals surface area contributed by atoms with E-state index in [0.717, 1.165) is 11.3 Å². The number of rotatable bonds is 8. The average molecular weight is 376 g/mol. The number of amides is 2. The quantitative estimate of drug-likeness (QED) is 0.623. The number of hydrogen-bond donors (Lipinski definition) is 0. The molecule has 0 radical (unpaired) electrons. The van der Waals surface area contributed by atoms with Crippen molar-refractivity contribution in [1.82, 2.24) is 4.90 Å². The van der Waals surface area contributed by atoms with Gasteiger partial charge in [-0.1, -0.05) is 53.7 Å². The van der Waals surface area contributed by atoms with Gasteiger partial charge in [-0.3, -0.25) is 14.5 Å². The minimum atomic E-state index is -0.192. The van der Waals surface area contributed by atoms with Gasteiger partial charge < -0.3 is 4.74 Å². The highest BCUT2D eigenvalue weighted by atomic mass is 32.2. The Balaban J connectivity index is 2.33. The smallest absolute Gasteiger partial charge is 0.268 e. The highest BCUT2D eigenvalue weighted by molar-refractivity contribution is 8.04. The number of nitrogens with zero attached hydrogens (tertiary/aromatic N) is 1. The summed E-state index contributed by atoms with van der Waals surface area (Å²) in [7, 11) is 0. The fourth-order valence-corrected chi connectivity index (χ4v) is 3.67. The summed E-state index contributed by atoms with van der Waals surface area (Å²) < 4.78 is 5.71. The van der Waals surface area contributed by atoms with Crippen LogP contribution in [0.15, 0.2) is 29.2 Å². The molecule has 0 aromatic heterocycles. The lowest BCUT2D eigenvalue weighted by Crippen LogP contribution is -2.34. The average Bonchev–Trinajstić information content (AvgIpc) is 2.77. The lowest BCUT2D eigenvalue weighted by Gasteiger charge is -2.17. The van der Waals surface area contributed by atoms with Crippen molar-refractivity contribution in [1.29, 1.82) is 0 Å². The van der Waals surface area contributed by atoms with E-state index >= 15 is 0 Å². The molecule has 5 heteroatoms. The number of ether oxygens (including phenoxy) is 1. The molecule has 1 aromatic rings. The Kier molecular flexibility index (Phi) is 6.93. The molecule has 0 atom stereocenters. The number of hydrogen-bond acceptors (Lipinski definition) is 4. The van der Waals surface area contributed by atoms with Crippen LogP contribution >= 0.6 is 11.8 Å². The number of thioether (sulfide) groups is 1. The van der Waals surface area contributed by atoms with E-state index in [1.165, 1.54) is 16.7 Å². The summed E-state index contributed by atoms with van der Waals surface area (Å²) in [5, 5.41) is 0.226. The van der Waals surface area contributed by atoms with E-state index < -0.39 is 0 Å². The predicted octanol–water partition coefficient (Wildman–Crippen LogP) is 4.60. The first-order valence-electron chi connectivity index (χ1n) is 9.21.